The first-order valence-corrected chi connectivity index (χ1v) is 5.87. The Hall–Kier alpha value is -1.49. The monoisotopic (exact) mass is 254 g/mol. The first-order chi connectivity index (χ1) is 8.45. The molecule has 1 N–H and O–H groups in total. The van der Waals surface area contributed by atoms with Gasteiger partial charge in [-0.2, -0.15) is 13.2 Å². The summed E-state index contributed by atoms with van der Waals surface area (Å²) in [4.78, 5) is 3.80. The molecule has 18 heavy (non-hydrogen) atoms. The molecule has 2 nitrogen and oxygen atoms in total. The molecule has 0 radical (unpaired) electrons. The molecule has 0 bridgehead atoms. The van der Waals surface area contributed by atoms with Gasteiger partial charge < -0.3 is 4.98 Å². The van der Waals surface area contributed by atoms with Crippen molar-refractivity contribution < 1.29 is 13.2 Å². The van der Waals surface area contributed by atoms with Crippen LogP contribution in [-0.2, 0) is 13.0 Å². The standard InChI is InChI=1S/C13H13F3N2/c1-8-2-3-11-9(6-8)10-7-18(13(14,15)16)5-4-12(10)17-11/h2-3,6,17H,4-5,7H2,1H3. The van der Waals surface area contributed by atoms with Crippen LogP contribution in [0.2, 0.25) is 0 Å². The average Bonchev–Trinajstić information content (AvgIpc) is 2.65. The number of aromatic nitrogens is 1. The lowest BCUT2D eigenvalue weighted by atomic mass is 10.0. The molecule has 0 amide bonds. The van der Waals surface area contributed by atoms with Crippen LogP contribution in [-0.4, -0.2) is 22.7 Å². The second kappa shape index (κ2) is 3.75. The zero-order chi connectivity index (χ0) is 12.9. The molecule has 0 aliphatic carbocycles. The normalized spacial score (nSPS) is 17.1. The Balaban J connectivity index is 2.08. The molecule has 96 valence electrons. The van der Waals surface area contributed by atoms with Gasteiger partial charge in [0.2, 0.25) is 0 Å². The van der Waals surface area contributed by atoms with Crippen LogP contribution in [0.5, 0.6) is 0 Å². The predicted octanol–water partition coefficient (Wildman–Crippen LogP) is 3.35. The quantitative estimate of drug-likeness (QED) is 0.714. The fraction of sp³-hybridized carbons (Fsp3) is 0.385. The first kappa shape index (κ1) is 11.6. The smallest absolute Gasteiger partial charge is 0.358 e. The van der Waals surface area contributed by atoms with E-state index in [1.165, 1.54) is 0 Å². The number of halogens is 3. The Bertz CT molecular complexity index is 598. The summed E-state index contributed by atoms with van der Waals surface area (Å²) in [7, 11) is 0. The summed E-state index contributed by atoms with van der Waals surface area (Å²) < 4.78 is 38.2. The van der Waals surface area contributed by atoms with Crippen LogP contribution in [0, 0.1) is 6.92 Å². The van der Waals surface area contributed by atoms with Gasteiger partial charge >= 0.3 is 6.30 Å². The first-order valence-electron chi connectivity index (χ1n) is 5.87. The maximum Gasteiger partial charge on any atom is 0.460 e. The number of aryl methyl sites for hydroxylation is 1. The second-order valence-electron chi connectivity index (χ2n) is 4.77. The lowest BCUT2D eigenvalue weighted by Gasteiger charge is -2.28. The number of alkyl halides is 3. The fourth-order valence-corrected chi connectivity index (χ4v) is 2.54. The fourth-order valence-electron chi connectivity index (χ4n) is 2.54. The highest BCUT2D eigenvalue weighted by molar-refractivity contribution is 5.85. The largest absolute Gasteiger partial charge is 0.460 e. The second-order valence-corrected chi connectivity index (χ2v) is 4.77. The van der Waals surface area contributed by atoms with Gasteiger partial charge in [0.15, 0.2) is 0 Å². The van der Waals surface area contributed by atoms with E-state index in [2.05, 4.69) is 4.98 Å². The van der Waals surface area contributed by atoms with E-state index in [4.69, 9.17) is 0 Å². The van der Waals surface area contributed by atoms with Gasteiger partial charge in [-0.1, -0.05) is 11.6 Å². The third kappa shape index (κ3) is 1.79. The Kier molecular flexibility index (Phi) is 2.41. The van der Waals surface area contributed by atoms with Crippen LogP contribution >= 0.6 is 0 Å². The van der Waals surface area contributed by atoms with Crippen molar-refractivity contribution in [2.75, 3.05) is 6.54 Å². The number of nitrogens with zero attached hydrogens (tertiary/aromatic N) is 1. The summed E-state index contributed by atoms with van der Waals surface area (Å²) >= 11 is 0. The van der Waals surface area contributed by atoms with Crippen molar-refractivity contribution in [3.63, 3.8) is 0 Å². The number of H-pyrrole nitrogens is 1. The minimum atomic E-state index is -4.24. The third-order valence-electron chi connectivity index (χ3n) is 3.49. The van der Waals surface area contributed by atoms with Crippen LogP contribution in [0.4, 0.5) is 13.2 Å². The molecule has 0 atom stereocenters. The van der Waals surface area contributed by atoms with Crippen molar-refractivity contribution in [2.24, 2.45) is 0 Å². The molecular formula is C13H13F3N2. The lowest BCUT2D eigenvalue weighted by Crippen LogP contribution is -2.41. The average molecular weight is 254 g/mol. The number of rotatable bonds is 0. The third-order valence-corrected chi connectivity index (χ3v) is 3.49. The van der Waals surface area contributed by atoms with Crippen LogP contribution in [0.15, 0.2) is 18.2 Å². The van der Waals surface area contributed by atoms with Gasteiger partial charge in [-0.05, 0) is 24.6 Å². The topological polar surface area (TPSA) is 19.0 Å². The van der Waals surface area contributed by atoms with Crippen molar-refractivity contribution in [3.05, 3.63) is 35.0 Å². The van der Waals surface area contributed by atoms with E-state index in [0.29, 0.717) is 11.3 Å². The number of benzene rings is 1. The van der Waals surface area contributed by atoms with Crippen molar-refractivity contribution >= 4 is 10.9 Å². The molecule has 0 unspecified atom stereocenters. The Morgan fingerprint density at radius 3 is 2.78 bits per heavy atom. The number of fused-ring (bicyclic) bond motifs is 3. The number of hydrogen-bond acceptors (Lipinski definition) is 1. The van der Waals surface area contributed by atoms with Gasteiger partial charge in [0, 0.05) is 36.1 Å². The van der Waals surface area contributed by atoms with E-state index in [-0.39, 0.29) is 13.1 Å². The van der Waals surface area contributed by atoms with E-state index in [0.717, 1.165) is 27.7 Å². The highest BCUT2D eigenvalue weighted by Gasteiger charge is 2.39. The minimum Gasteiger partial charge on any atom is -0.358 e. The van der Waals surface area contributed by atoms with Gasteiger partial charge in [0.1, 0.15) is 0 Å². The summed E-state index contributed by atoms with van der Waals surface area (Å²) in [6, 6.07) is 5.84. The van der Waals surface area contributed by atoms with E-state index >= 15 is 0 Å². The van der Waals surface area contributed by atoms with Crippen LogP contribution in [0.25, 0.3) is 10.9 Å². The highest BCUT2D eigenvalue weighted by Crippen LogP contribution is 2.33. The maximum absolute atomic E-state index is 12.7. The van der Waals surface area contributed by atoms with Crippen LogP contribution in [0.1, 0.15) is 16.8 Å². The zero-order valence-corrected chi connectivity index (χ0v) is 9.93. The molecular weight excluding hydrogens is 241 g/mol. The van der Waals surface area contributed by atoms with Crippen molar-refractivity contribution in [2.45, 2.75) is 26.2 Å². The molecule has 1 aliphatic rings. The lowest BCUT2D eigenvalue weighted by molar-refractivity contribution is -0.250. The van der Waals surface area contributed by atoms with Gasteiger partial charge in [-0.15, -0.1) is 0 Å². The number of hydrogen-bond donors (Lipinski definition) is 1. The molecule has 1 aromatic heterocycles. The molecule has 1 aromatic carbocycles. The summed E-state index contributed by atoms with van der Waals surface area (Å²) in [6.07, 6.45) is -3.83. The maximum atomic E-state index is 12.7. The minimum absolute atomic E-state index is 0.0301. The van der Waals surface area contributed by atoms with E-state index in [1.54, 1.807) is 0 Å². The molecule has 0 saturated heterocycles. The van der Waals surface area contributed by atoms with Crippen molar-refractivity contribution in [3.8, 4) is 0 Å². The van der Waals surface area contributed by atoms with Crippen molar-refractivity contribution in [1.29, 1.82) is 0 Å². The predicted molar refractivity (Wildman–Crippen MR) is 63.2 cm³/mol. The Labute approximate surface area is 102 Å². The van der Waals surface area contributed by atoms with Gasteiger partial charge in [0.05, 0.1) is 0 Å². The van der Waals surface area contributed by atoms with Crippen molar-refractivity contribution in [1.82, 2.24) is 9.88 Å². The van der Waals surface area contributed by atoms with Gasteiger partial charge in [-0.3, -0.25) is 0 Å². The summed E-state index contributed by atoms with van der Waals surface area (Å²) in [6.45, 7) is 1.92. The van der Waals surface area contributed by atoms with Crippen LogP contribution in [0.3, 0.4) is 0 Å². The van der Waals surface area contributed by atoms with Gasteiger partial charge in [-0.25, -0.2) is 4.90 Å². The van der Waals surface area contributed by atoms with E-state index in [9.17, 15) is 13.2 Å². The summed E-state index contributed by atoms with van der Waals surface area (Å²) in [5.41, 5.74) is 3.72. The molecule has 2 heterocycles. The molecule has 0 saturated carbocycles. The summed E-state index contributed by atoms with van der Waals surface area (Å²) in [5.74, 6) is 0. The molecule has 0 spiro atoms. The highest BCUT2D eigenvalue weighted by atomic mass is 19.4. The number of nitrogens with one attached hydrogen (secondary N) is 1. The van der Waals surface area contributed by atoms with Gasteiger partial charge in [0.25, 0.3) is 0 Å². The van der Waals surface area contributed by atoms with Crippen LogP contribution < -0.4 is 0 Å². The molecule has 5 heteroatoms. The van der Waals surface area contributed by atoms with E-state index in [1.807, 2.05) is 25.1 Å². The molecule has 0 fully saturated rings. The zero-order valence-electron chi connectivity index (χ0n) is 9.93. The molecule has 1 aliphatic heterocycles. The number of aromatic amines is 1. The molecule has 2 aromatic rings. The van der Waals surface area contributed by atoms with E-state index < -0.39 is 6.30 Å². The Morgan fingerprint density at radius 2 is 2.06 bits per heavy atom. The Morgan fingerprint density at radius 1 is 1.28 bits per heavy atom. The molecule has 3 rings (SSSR count). The summed E-state index contributed by atoms with van der Waals surface area (Å²) in [5, 5.41) is 0.916. The SMILES string of the molecule is Cc1ccc2[nH]c3c(c2c1)CN(C(F)(F)F)CC3.